The van der Waals surface area contributed by atoms with Crippen molar-refractivity contribution in [2.45, 2.75) is 32.6 Å². The normalized spacial score (nSPS) is 21.6. The Balaban J connectivity index is 0.000000209. The van der Waals surface area contributed by atoms with Crippen LogP contribution in [0.25, 0.3) is 0 Å². The van der Waals surface area contributed by atoms with Gasteiger partial charge in [0.1, 0.15) is 11.4 Å². The Kier molecular flexibility index (Phi) is 5.23. The van der Waals surface area contributed by atoms with Gasteiger partial charge < -0.3 is 19.8 Å². The van der Waals surface area contributed by atoms with Gasteiger partial charge in [-0.05, 0) is 6.42 Å². The minimum atomic E-state index is 0.00546. The number of carbonyl (C=O) groups excluding carboxylic acids is 2. The summed E-state index contributed by atoms with van der Waals surface area (Å²) in [5, 5.41) is 8.29. The second-order valence-electron chi connectivity index (χ2n) is 6.67. The number of rotatable bonds is 7. The largest absolute Gasteiger partial charge is 0.396 e. The van der Waals surface area contributed by atoms with E-state index in [1.807, 2.05) is 14.7 Å². The first-order chi connectivity index (χ1) is 11.7. The van der Waals surface area contributed by atoms with Crippen LogP contribution in [-0.2, 0) is 9.59 Å². The molecule has 0 radical (unpaired) electrons. The summed E-state index contributed by atoms with van der Waals surface area (Å²) in [6.07, 6.45) is 6.21. The topological polar surface area (TPSA) is 63.4 Å². The van der Waals surface area contributed by atoms with E-state index in [-0.39, 0.29) is 11.6 Å². The minimum absolute atomic E-state index is 0.00546. The molecule has 0 bridgehead atoms. The van der Waals surface area contributed by atoms with Crippen LogP contribution in [0.2, 0.25) is 0 Å². The second-order valence-corrected chi connectivity index (χ2v) is 6.67. The third kappa shape index (κ3) is 3.98. The summed E-state index contributed by atoms with van der Waals surface area (Å²) in [4.78, 5) is 30.5. The molecule has 0 aromatic heterocycles. The van der Waals surface area contributed by atoms with E-state index >= 15 is 0 Å². The molecule has 132 valence electrons. The number of aliphatic hydroxyl groups excluding tert-OH is 1. The Morgan fingerprint density at radius 3 is 1.96 bits per heavy atom. The summed E-state index contributed by atoms with van der Waals surface area (Å²) in [5.74, 6) is 0.0485. The lowest BCUT2D eigenvalue weighted by Gasteiger charge is -2.21. The molecule has 4 aliphatic rings. The van der Waals surface area contributed by atoms with Gasteiger partial charge in [-0.1, -0.05) is 26.2 Å². The average Bonchev–Trinajstić information content (AvgIpc) is 3.37. The number of Topliss-reactive ketones (excluding diaryl/α,β-unsaturated/α-hetero) is 1. The molecule has 3 heterocycles. The summed E-state index contributed by atoms with van der Waals surface area (Å²) in [7, 11) is 0. The maximum Gasteiger partial charge on any atom is 0.227 e. The number of unbranched alkanes of at least 4 members (excludes halogenated alkanes) is 3. The molecule has 0 saturated carbocycles. The van der Waals surface area contributed by atoms with Gasteiger partial charge in [0.25, 0.3) is 0 Å². The molecule has 0 atom stereocenters. The van der Waals surface area contributed by atoms with Crippen molar-refractivity contribution in [1.29, 1.82) is 0 Å². The third-order valence-corrected chi connectivity index (χ3v) is 4.50. The molecule has 1 N–H and O–H groups in total. The van der Waals surface area contributed by atoms with Crippen LogP contribution in [0.3, 0.4) is 0 Å². The highest BCUT2D eigenvalue weighted by Gasteiger charge is 2.43. The highest BCUT2D eigenvalue weighted by molar-refractivity contribution is 6.22. The van der Waals surface area contributed by atoms with Crippen LogP contribution in [0.5, 0.6) is 0 Å². The summed E-state index contributed by atoms with van der Waals surface area (Å²) in [6.45, 7) is 7.93. The van der Waals surface area contributed by atoms with Gasteiger partial charge in [0, 0.05) is 52.0 Å². The van der Waals surface area contributed by atoms with Crippen molar-refractivity contribution in [3.8, 4) is 0 Å². The molecule has 0 aromatic carbocycles. The number of allylic oxidation sites excluding steroid dienone is 1. The van der Waals surface area contributed by atoms with Crippen LogP contribution in [-0.4, -0.2) is 77.2 Å². The summed E-state index contributed by atoms with van der Waals surface area (Å²) in [6, 6.07) is 0. The first-order valence-corrected chi connectivity index (χ1v) is 9.08. The number of hydrogen-bond acceptors (Lipinski definition) is 6. The number of ketones is 2. The smallest absolute Gasteiger partial charge is 0.227 e. The first kappa shape index (κ1) is 17.0. The summed E-state index contributed by atoms with van der Waals surface area (Å²) >= 11 is 0. The van der Waals surface area contributed by atoms with Crippen molar-refractivity contribution in [2.24, 2.45) is 0 Å². The molecular weight excluding hydrogens is 306 g/mol. The summed E-state index contributed by atoms with van der Waals surface area (Å²) < 4.78 is 0. The van der Waals surface area contributed by atoms with Crippen LogP contribution in [0, 0.1) is 0 Å². The van der Waals surface area contributed by atoms with Crippen molar-refractivity contribution in [3.05, 3.63) is 23.2 Å². The Hall–Kier alpha value is -1.82. The van der Waals surface area contributed by atoms with E-state index in [2.05, 4.69) is 6.92 Å². The van der Waals surface area contributed by atoms with E-state index in [9.17, 15) is 9.59 Å². The van der Waals surface area contributed by atoms with E-state index in [1.54, 1.807) is 0 Å². The molecule has 3 saturated heterocycles. The van der Waals surface area contributed by atoms with Crippen molar-refractivity contribution >= 4 is 11.6 Å². The lowest BCUT2D eigenvalue weighted by molar-refractivity contribution is -0.117. The highest BCUT2D eigenvalue weighted by Crippen LogP contribution is 2.33. The molecular formula is C18H27N3O3. The highest BCUT2D eigenvalue weighted by atomic mass is 16.3. The molecule has 6 nitrogen and oxygen atoms in total. The van der Waals surface area contributed by atoms with Crippen LogP contribution >= 0.6 is 0 Å². The van der Waals surface area contributed by atoms with Gasteiger partial charge in [0.15, 0.2) is 0 Å². The van der Waals surface area contributed by atoms with E-state index in [4.69, 9.17) is 5.11 Å². The number of aliphatic hydroxyl groups is 1. The quantitative estimate of drug-likeness (QED) is 0.421. The zero-order valence-electron chi connectivity index (χ0n) is 14.5. The van der Waals surface area contributed by atoms with Crippen molar-refractivity contribution < 1.29 is 14.7 Å². The molecule has 1 aliphatic carbocycles. The lowest BCUT2D eigenvalue weighted by Crippen LogP contribution is -2.29. The van der Waals surface area contributed by atoms with Gasteiger partial charge in [-0.25, -0.2) is 0 Å². The van der Waals surface area contributed by atoms with Gasteiger partial charge in [-0.2, -0.15) is 0 Å². The number of carbonyl (C=O) groups is 2. The Morgan fingerprint density at radius 1 is 0.875 bits per heavy atom. The predicted octanol–water partition coefficient (Wildman–Crippen LogP) is 0.739. The van der Waals surface area contributed by atoms with Crippen LogP contribution in [0.15, 0.2) is 23.2 Å². The van der Waals surface area contributed by atoms with Crippen molar-refractivity contribution in [3.63, 3.8) is 0 Å². The molecule has 0 aromatic rings. The third-order valence-electron chi connectivity index (χ3n) is 4.50. The first-order valence-electron chi connectivity index (χ1n) is 9.08. The Morgan fingerprint density at radius 2 is 1.46 bits per heavy atom. The number of nitrogens with zero attached hydrogens (tertiary/aromatic N) is 3. The van der Waals surface area contributed by atoms with E-state index in [0.717, 1.165) is 45.7 Å². The molecule has 4 rings (SSSR count). The molecule has 0 spiro atoms. The van der Waals surface area contributed by atoms with Crippen molar-refractivity contribution in [1.82, 2.24) is 14.7 Å². The SMILES string of the molecule is CCCCCCO.O=C1C=C(N2CC2)C(=O)C(N2CC2)=C1N1CC1. The van der Waals surface area contributed by atoms with E-state index in [1.165, 1.54) is 25.3 Å². The standard InChI is InChI=1S/C12H13N3O2.C6H14O/c16-9-7-8(13-1-2-13)12(17)11(15-5-6-15)10(9)14-3-4-14;1-2-3-4-5-6-7/h7H,1-6H2;7H,2-6H2,1H3. The Labute approximate surface area is 143 Å². The number of hydrogen-bond donors (Lipinski definition) is 1. The zero-order chi connectivity index (χ0) is 17.1. The van der Waals surface area contributed by atoms with Crippen molar-refractivity contribution in [2.75, 3.05) is 45.9 Å². The fourth-order valence-corrected chi connectivity index (χ4v) is 2.81. The molecule has 3 fully saturated rings. The second kappa shape index (κ2) is 7.38. The summed E-state index contributed by atoms with van der Waals surface area (Å²) in [5.41, 5.74) is 1.89. The molecule has 24 heavy (non-hydrogen) atoms. The molecule has 3 aliphatic heterocycles. The van der Waals surface area contributed by atoms with Gasteiger partial charge in [-0.3, -0.25) is 9.59 Å². The van der Waals surface area contributed by atoms with Gasteiger partial charge in [-0.15, -0.1) is 0 Å². The zero-order valence-corrected chi connectivity index (χ0v) is 14.5. The van der Waals surface area contributed by atoms with Gasteiger partial charge in [0.05, 0.1) is 5.70 Å². The fraction of sp³-hybridized carbons (Fsp3) is 0.667. The van der Waals surface area contributed by atoms with Crippen LogP contribution < -0.4 is 0 Å². The molecule has 0 amide bonds. The monoisotopic (exact) mass is 333 g/mol. The predicted molar refractivity (Wildman–Crippen MR) is 91.1 cm³/mol. The fourth-order valence-electron chi connectivity index (χ4n) is 2.81. The maximum absolute atomic E-state index is 12.4. The minimum Gasteiger partial charge on any atom is -0.396 e. The van der Waals surface area contributed by atoms with Gasteiger partial charge in [0.2, 0.25) is 11.6 Å². The van der Waals surface area contributed by atoms with E-state index < -0.39 is 0 Å². The van der Waals surface area contributed by atoms with E-state index in [0.29, 0.717) is 23.7 Å². The maximum atomic E-state index is 12.4. The van der Waals surface area contributed by atoms with Gasteiger partial charge >= 0.3 is 0 Å². The van der Waals surface area contributed by atoms with Crippen LogP contribution in [0.1, 0.15) is 32.6 Å². The molecule has 6 heteroatoms. The Bertz CT molecular complexity index is 566. The lowest BCUT2D eigenvalue weighted by atomic mass is 10.0. The molecule has 0 unspecified atom stereocenters. The van der Waals surface area contributed by atoms with Crippen LogP contribution in [0.4, 0.5) is 0 Å². The average molecular weight is 333 g/mol.